The molecule has 0 aromatic carbocycles. The minimum absolute atomic E-state index is 0.173. The molecule has 0 aromatic rings. The Morgan fingerprint density at radius 1 is 1.58 bits per heavy atom. The fourth-order valence-corrected chi connectivity index (χ4v) is 1.84. The lowest BCUT2D eigenvalue weighted by Crippen LogP contribution is -2.30. The van der Waals surface area contributed by atoms with Crippen molar-refractivity contribution in [2.24, 2.45) is 5.41 Å². The van der Waals surface area contributed by atoms with E-state index >= 15 is 0 Å². The summed E-state index contributed by atoms with van der Waals surface area (Å²) in [6.45, 7) is 2.01. The second-order valence-corrected chi connectivity index (χ2v) is 3.85. The van der Waals surface area contributed by atoms with Gasteiger partial charge in [0.05, 0.1) is 6.07 Å². The molecule has 0 bridgehead atoms. The molecule has 0 radical (unpaired) electrons. The molecule has 0 unspecified atom stereocenters. The number of hydrogen-bond acceptors (Lipinski definition) is 2. The van der Waals surface area contributed by atoms with Gasteiger partial charge in [0.2, 0.25) is 0 Å². The SMILES string of the molecule is C[C@@]1(CCC#N)CCCCC1=O. The van der Waals surface area contributed by atoms with Crippen LogP contribution < -0.4 is 0 Å². The molecule has 0 aliphatic heterocycles. The number of carbonyl (C=O) groups is 1. The average Bonchev–Trinajstić information content (AvgIpc) is 2.07. The first-order chi connectivity index (χ1) is 5.69. The smallest absolute Gasteiger partial charge is 0.138 e. The van der Waals surface area contributed by atoms with Crippen molar-refractivity contribution in [3.63, 3.8) is 0 Å². The molecular weight excluding hydrogens is 150 g/mol. The molecule has 0 amide bonds. The topological polar surface area (TPSA) is 40.9 Å². The summed E-state index contributed by atoms with van der Waals surface area (Å²) in [5.41, 5.74) is -0.173. The van der Waals surface area contributed by atoms with Gasteiger partial charge >= 0.3 is 0 Å². The normalized spacial score (nSPS) is 29.8. The van der Waals surface area contributed by atoms with E-state index in [1.165, 1.54) is 0 Å². The van der Waals surface area contributed by atoms with Crippen molar-refractivity contribution in [3.05, 3.63) is 0 Å². The number of carbonyl (C=O) groups excluding carboxylic acids is 1. The van der Waals surface area contributed by atoms with Crippen LogP contribution in [0.1, 0.15) is 45.4 Å². The largest absolute Gasteiger partial charge is 0.299 e. The van der Waals surface area contributed by atoms with Crippen molar-refractivity contribution in [2.45, 2.75) is 45.4 Å². The van der Waals surface area contributed by atoms with Crippen LogP contribution in [0, 0.1) is 16.7 Å². The zero-order valence-electron chi connectivity index (χ0n) is 7.60. The minimum atomic E-state index is -0.173. The van der Waals surface area contributed by atoms with Crippen molar-refractivity contribution in [3.8, 4) is 6.07 Å². The van der Waals surface area contributed by atoms with Gasteiger partial charge in [-0.25, -0.2) is 0 Å². The van der Waals surface area contributed by atoms with Gasteiger partial charge in [0, 0.05) is 18.3 Å². The highest BCUT2D eigenvalue weighted by Gasteiger charge is 2.34. The van der Waals surface area contributed by atoms with E-state index in [9.17, 15) is 4.79 Å². The number of Topliss-reactive ketones (excluding diaryl/α,β-unsaturated/α-hetero) is 1. The highest BCUT2D eigenvalue weighted by Crippen LogP contribution is 2.36. The van der Waals surface area contributed by atoms with Gasteiger partial charge in [-0.3, -0.25) is 4.79 Å². The van der Waals surface area contributed by atoms with Crippen LogP contribution in [0.25, 0.3) is 0 Å². The van der Waals surface area contributed by atoms with E-state index < -0.39 is 0 Å². The molecule has 2 nitrogen and oxygen atoms in total. The summed E-state index contributed by atoms with van der Waals surface area (Å²) in [6.07, 6.45) is 5.16. The number of rotatable bonds is 2. The molecule has 0 spiro atoms. The Balaban J connectivity index is 2.55. The summed E-state index contributed by atoms with van der Waals surface area (Å²) >= 11 is 0. The van der Waals surface area contributed by atoms with Crippen LogP contribution in [0.5, 0.6) is 0 Å². The van der Waals surface area contributed by atoms with E-state index in [-0.39, 0.29) is 5.41 Å². The Hall–Kier alpha value is -0.840. The molecule has 1 rings (SSSR count). The first-order valence-corrected chi connectivity index (χ1v) is 4.59. The molecule has 1 atom stereocenters. The average molecular weight is 165 g/mol. The van der Waals surface area contributed by atoms with Crippen LogP contribution in [0.15, 0.2) is 0 Å². The molecule has 0 N–H and O–H groups in total. The quantitative estimate of drug-likeness (QED) is 0.630. The second kappa shape index (κ2) is 3.71. The predicted octanol–water partition coefficient (Wildman–Crippen LogP) is 2.44. The van der Waals surface area contributed by atoms with E-state index in [4.69, 9.17) is 5.26 Å². The van der Waals surface area contributed by atoms with E-state index in [2.05, 4.69) is 6.07 Å². The maximum Gasteiger partial charge on any atom is 0.138 e. The Kier molecular flexibility index (Phi) is 2.86. The zero-order chi connectivity index (χ0) is 9.03. The van der Waals surface area contributed by atoms with Crippen LogP contribution in [0.2, 0.25) is 0 Å². The summed E-state index contributed by atoms with van der Waals surface area (Å²) in [5, 5.41) is 8.44. The van der Waals surface area contributed by atoms with Crippen LogP contribution in [-0.2, 0) is 4.79 Å². The van der Waals surface area contributed by atoms with Crippen molar-refractivity contribution >= 4 is 5.78 Å². The van der Waals surface area contributed by atoms with Gasteiger partial charge in [0.15, 0.2) is 0 Å². The molecule has 1 fully saturated rings. The molecule has 0 saturated heterocycles. The molecule has 1 saturated carbocycles. The Bertz CT molecular complexity index is 216. The number of nitrogens with zero attached hydrogens (tertiary/aromatic N) is 1. The van der Waals surface area contributed by atoms with Crippen LogP contribution in [0.3, 0.4) is 0 Å². The summed E-state index contributed by atoms with van der Waals surface area (Å²) in [7, 11) is 0. The fourth-order valence-electron chi connectivity index (χ4n) is 1.84. The number of hydrogen-bond donors (Lipinski definition) is 0. The van der Waals surface area contributed by atoms with Gasteiger partial charge < -0.3 is 0 Å². The van der Waals surface area contributed by atoms with Crippen molar-refractivity contribution < 1.29 is 4.79 Å². The van der Waals surface area contributed by atoms with E-state index in [1.54, 1.807) is 0 Å². The van der Waals surface area contributed by atoms with Crippen molar-refractivity contribution in [2.75, 3.05) is 0 Å². The molecule has 12 heavy (non-hydrogen) atoms. The van der Waals surface area contributed by atoms with Gasteiger partial charge in [-0.1, -0.05) is 13.3 Å². The van der Waals surface area contributed by atoms with E-state index in [0.717, 1.165) is 32.1 Å². The lowest BCUT2D eigenvalue weighted by Gasteiger charge is -2.31. The first kappa shape index (κ1) is 9.25. The van der Waals surface area contributed by atoms with Gasteiger partial charge in [-0.15, -0.1) is 0 Å². The minimum Gasteiger partial charge on any atom is -0.299 e. The van der Waals surface area contributed by atoms with Gasteiger partial charge in [-0.2, -0.15) is 5.26 Å². The molecule has 0 aromatic heterocycles. The highest BCUT2D eigenvalue weighted by molar-refractivity contribution is 5.85. The third-order valence-electron chi connectivity index (χ3n) is 2.84. The summed E-state index contributed by atoms with van der Waals surface area (Å²) in [5.74, 6) is 0.365. The maximum atomic E-state index is 11.5. The standard InChI is InChI=1S/C10H15NO/c1-10(7-4-8-11)6-3-2-5-9(10)12/h2-7H2,1H3/t10-/m0/s1. The highest BCUT2D eigenvalue weighted by atomic mass is 16.1. The lowest BCUT2D eigenvalue weighted by atomic mass is 9.72. The van der Waals surface area contributed by atoms with Crippen LogP contribution in [0.4, 0.5) is 0 Å². The monoisotopic (exact) mass is 165 g/mol. The third-order valence-corrected chi connectivity index (χ3v) is 2.84. The van der Waals surface area contributed by atoms with E-state index in [1.807, 2.05) is 6.92 Å². The number of nitriles is 1. The van der Waals surface area contributed by atoms with Gasteiger partial charge in [0.1, 0.15) is 5.78 Å². The Labute approximate surface area is 73.6 Å². The molecule has 2 heteroatoms. The predicted molar refractivity (Wildman–Crippen MR) is 46.4 cm³/mol. The first-order valence-electron chi connectivity index (χ1n) is 4.59. The second-order valence-electron chi connectivity index (χ2n) is 3.85. The molecular formula is C10H15NO. The maximum absolute atomic E-state index is 11.5. The lowest BCUT2D eigenvalue weighted by molar-refractivity contribution is -0.130. The summed E-state index contributed by atoms with van der Waals surface area (Å²) in [6, 6.07) is 2.11. The van der Waals surface area contributed by atoms with Crippen molar-refractivity contribution in [1.82, 2.24) is 0 Å². The molecule has 1 aliphatic rings. The van der Waals surface area contributed by atoms with Crippen LogP contribution in [-0.4, -0.2) is 5.78 Å². The number of ketones is 1. The fraction of sp³-hybridized carbons (Fsp3) is 0.800. The van der Waals surface area contributed by atoms with Gasteiger partial charge in [0.25, 0.3) is 0 Å². The molecule has 66 valence electrons. The van der Waals surface area contributed by atoms with Crippen LogP contribution >= 0.6 is 0 Å². The summed E-state index contributed by atoms with van der Waals surface area (Å²) < 4.78 is 0. The third kappa shape index (κ3) is 1.85. The Morgan fingerprint density at radius 2 is 2.33 bits per heavy atom. The summed E-state index contributed by atoms with van der Waals surface area (Å²) in [4.78, 5) is 11.5. The van der Waals surface area contributed by atoms with Gasteiger partial charge in [-0.05, 0) is 19.3 Å². The molecule has 0 heterocycles. The molecule has 1 aliphatic carbocycles. The zero-order valence-corrected chi connectivity index (χ0v) is 7.60. The van der Waals surface area contributed by atoms with E-state index in [0.29, 0.717) is 12.2 Å². The van der Waals surface area contributed by atoms with Crippen molar-refractivity contribution in [1.29, 1.82) is 5.26 Å². The Morgan fingerprint density at radius 3 is 2.92 bits per heavy atom.